The van der Waals surface area contributed by atoms with Gasteiger partial charge in [-0.2, -0.15) is 0 Å². The summed E-state index contributed by atoms with van der Waals surface area (Å²) in [5.74, 6) is -2.19. The second-order valence-electron chi connectivity index (χ2n) is 7.45. The molecule has 3 heterocycles. The molecule has 0 aliphatic carbocycles. The van der Waals surface area contributed by atoms with Gasteiger partial charge in [-0.25, -0.2) is 4.79 Å². The lowest BCUT2D eigenvalue weighted by Crippen LogP contribution is -2.48. The predicted octanol–water partition coefficient (Wildman–Crippen LogP) is 2.46. The number of amides is 2. The van der Waals surface area contributed by atoms with Crippen LogP contribution in [-0.4, -0.2) is 57.5 Å². The van der Waals surface area contributed by atoms with Crippen LogP contribution in [0.3, 0.4) is 0 Å². The number of nitrogens with zero attached hydrogens (tertiary/aromatic N) is 1. The van der Waals surface area contributed by atoms with Crippen molar-refractivity contribution >= 4 is 50.7 Å². The Hall–Kier alpha value is -4.17. The number of fused-ring (bicyclic) bond motifs is 2. The fourth-order valence-corrected chi connectivity index (χ4v) is 4.28. The number of benzene rings is 2. The smallest absolute Gasteiger partial charge is 0.331 e. The predicted molar refractivity (Wildman–Crippen MR) is 118 cm³/mol. The van der Waals surface area contributed by atoms with Gasteiger partial charge in [-0.1, -0.05) is 36.4 Å². The molecule has 0 spiro atoms. The van der Waals surface area contributed by atoms with Crippen molar-refractivity contribution in [2.75, 3.05) is 13.7 Å². The summed E-state index contributed by atoms with van der Waals surface area (Å²) >= 11 is 0. The molecule has 1 atom stereocenters. The van der Waals surface area contributed by atoms with Gasteiger partial charge in [0.1, 0.15) is 0 Å². The van der Waals surface area contributed by atoms with E-state index in [1.165, 1.54) is 0 Å². The standard InChI is InChI=1S/C24H19N3O5/c1-32-24(31)19(12-28)27-22(29)20(15-10-25-17-8-4-2-6-13(15)17)21(23(27)30)16-11-26-18-9-5-3-7-14(16)18/h2-11,19,25-26,28H,12H2,1H3/t19-/m0/s1. The van der Waals surface area contributed by atoms with Gasteiger partial charge >= 0.3 is 5.97 Å². The van der Waals surface area contributed by atoms with Crippen molar-refractivity contribution in [3.8, 4) is 0 Å². The van der Waals surface area contributed by atoms with Crippen molar-refractivity contribution in [1.29, 1.82) is 0 Å². The number of aromatic amines is 2. The van der Waals surface area contributed by atoms with Crippen LogP contribution < -0.4 is 0 Å². The fraction of sp³-hybridized carbons (Fsp3) is 0.125. The number of carbonyl (C=O) groups excluding carboxylic acids is 3. The van der Waals surface area contributed by atoms with Crippen molar-refractivity contribution in [3.05, 3.63) is 72.1 Å². The van der Waals surface area contributed by atoms with E-state index in [9.17, 15) is 19.5 Å². The van der Waals surface area contributed by atoms with Gasteiger partial charge in [0, 0.05) is 45.3 Å². The minimum Gasteiger partial charge on any atom is -0.467 e. The van der Waals surface area contributed by atoms with Gasteiger partial charge < -0.3 is 19.8 Å². The van der Waals surface area contributed by atoms with Crippen LogP contribution in [0.15, 0.2) is 60.9 Å². The van der Waals surface area contributed by atoms with Gasteiger partial charge in [0.2, 0.25) is 0 Å². The number of carbonyl (C=O) groups is 3. The van der Waals surface area contributed by atoms with Crippen LogP contribution in [0, 0.1) is 0 Å². The molecule has 5 rings (SSSR count). The number of imide groups is 1. The summed E-state index contributed by atoms with van der Waals surface area (Å²) in [6.45, 7) is -0.744. The topological polar surface area (TPSA) is 115 Å². The molecule has 32 heavy (non-hydrogen) atoms. The third kappa shape index (κ3) is 2.77. The van der Waals surface area contributed by atoms with E-state index in [-0.39, 0.29) is 11.1 Å². The Labute approximate surface area is 182 Å². The Balaban J connectivity index is 1.79. The quantitative estimate of drug-likeness (QED) is 0.333. The Morgan fingerprint density at radius 3 is 1.81 bits per heavy atom. The van der Waals surface area contributed by atoms with Crippen LogP contribution in [0.25, 0.3) is 33.0 Å². The largest absolute Gasteiger partial charge is 0.467 e. The zero-order valence-corrected chi connectivity index (χ0v) is 17.1. The summed E-state index contributed by atoms with van der Waals surface area (Å²) in [6.07, 6.45) is 3.35. The van der Waals surface area contributed by atoms with Gasteiger partial charge in [0.15, 0.2) is 6.04 Å². The first kappa shape index (κ1) is 19.8. The highest BCUT2D eigenvalue weighted by Crippen LogP contribution is 2.41. The van der Waals surface area contributed by atoms with Gasteiger partial charge in [-0.3, -0.25) is 14.5 Å². The highest BCUT2D eigenvalue weighted by atomic mass is 16.5. The monoisotopic (exact) mass is 429 g/mol. The number of aliphatic hydroxyl groups is 1. The zero-order valence-electron chi connectivity index (χ0n) is 17.1. The van der Waals surface area contributed by atoms with Crippen molar-refractivity contribution in [2.24, 2.45) is 0 Å². The minimum atomic E-state index is -1.44. The number of nitrogens with one attached hydrogen (secondary N) is 2. The number of methoxy groups -OCH3 is 1. The van der Waals surface area contributed by atoms with Crippen LogP contribution in [0.2, 0.25) is 0 Å². The average Bonchev–Trinajstić information content (AvgIpc) is 3.49. The number of aliphatic hydroxyl groups excluding tert-OH is 1. The van der Waals surface area contributed by atoms with Gasteiger partial charge in [0.25, 0.3) is 11.8 Å². The molecule has 0 saturated heterocycles. The number of esters is 1. The van der Waals surface area contributed by atoms with Crippen LogP contribution >= 0.6 is 0 Å². The lowest BCUT2D eigenvalue weighted by molar-refractivity contribution is -0.156. The third-order valence-electron chi connectivity index (χ3n) is 5.79. The summed E-state index contributed by atoms with van der Waals surface area (Å²) in [6, 6.07) is 13.4. The maximum Gasteiger partial charge on any atom is 0.331 e. The van der Waals surface area contributed by atoms with Gasteiger partial charge in [-0.15, -0.1) is 0 Å². The fourth-order valence-electron chi connectivity index (χ4n) is 4.28. The molecule has 3 N–H and O–H groups in total. The molecule has 4 aromatic rings. The molecule has 2 aromatic heterocycles. The van der Waals surface area contributed by atoms with Crippen LogP contribution in [-0.2, 0) is 19.1 Å². The molecule has 2 aromatic carbocycles. The molecule has 0 radical (unpaired) electrons. The summed E-state index contributed by atoms with van der Waals surface area (Å²) in [5, 5.41) is 11.4. The van der Waals surface area contributed by atoms with Crippen molar-refractivity contribution < 1.29 is 24.2 Å². The first-order valence-corrected chi connectivity index (χ1v) is 10.0. The molecule has 1 aliphatic rings. The van der Waals surface area contributed by atoms with E-state index < -0.39 is 30.4 Å². The van der Waals surface area contributed by atoms with Crippen molar-refractivity contribution in [2.45, 2.75) is 6.04 Å². The van der Waals surface area contributed by atoms with E-state index in [1.807, 2.05) is 48.5 Å². The Kier molecular flexibility index (Phi) is 4.64. The number of hydrogen-bond acceptors (Lipinski definition) is 5. The molecular formula is C24H19N3O5. The second-order valence-corrected chi connectivity index (χ2v) is 7.45. The Bertz CT molecular complexity index is 1330. The average molecular weight is 429 g/mol. The first-order chi connectivity index (χ1) is 15.6. The molecule has 0 unspecified atom stereocenters. The molecule has 8 nitrogen and oxygen atoms in total. The van der Waals surface area contributed by atoms with E-state index in [0.717, 1.165) is 33.8 Å². The SMILES string of the molecule is COC(=O)[C@H](CO)N1C(=O)C(c2c[nH]c3ccccc23)=C(c2c[nH]c3ccccc23)C1=O. The molecule has 2 amide bonds. The first-order valence-electron chi connectivity index (χ1n) is 10.0. The van der Waals surface area contributed by atoms with Crippen LogP contribution in [0.5, 0.6) is 0 Å². The zero-order chi connectivity index (χ0) is 22.4. The lowest BCUT2D eigenvalue weighted by Gasteiger charge is -2.22. The lowest BCUT2D eigenvalue weighted by atomic mass is 9.95. The number of ether oxygens (including phenoxy) is 1. The maximum atomic E-state index is 13.6. The van der Waals surface area contributed by atoms with E-state index in [0.29, 0.717) is 11.1 Å². The normalized spacial score (nSPS) is 15.2. The highest BCUT2D eigenvalue weighted by Gasteiger charge is 2.46. The summed E-state index contributed by atoms with van der Waals surface area (Å²) < 4.78 is 4.73. The Morgan fingerprint density at radius 2 is 1.38 bits per heavy atom. The van der Waals surface area contributed by atoms with Gasteiger partial charge in [0.05, 0.1) is 24.9 Å². The summed E-state index contributed by atoms with van der Waals surface area (Å²) in [7, 11) is 1.14. The number of para-hydroxylation sites is 2. The molecule has 0 saturated carbocycles. The number of H-pyrrole nitrogens is 2. The second kappa shape index (κ2) is 7.51. The number of rotatable bonds is 5. The minimum absolute atomic E-state index is 0.166. The maximum absolute atomic E-state index is 13.6. The van der Waals surface area contributed by atoms with Crippen molar-refractivity contribution in [1.82, 2.24) is 14.9 Å². The Morgan fingerprint density at radius 1 is 0.906 bits per heavy atom. The van der Waals surface area contributed by atoms with Crippen molar-refractivity contribution in [3.63, 3.8) is 0 Å². The van der Waals surface area contributed by atoms with E-state index in [4.69, 9.17) is 4.74 Å². The molecule has 160 valence electrons. The molecule has 0 fully saturated rings. The molecular weight excluding hydrogens is 410 g/mol. The molecule has 1 aliphatic heterocycles. The highest BCUT2D eigenvalue weighted by molar-refractivity contribution is 6.51. The summed E-state index contributed by atoms with van der Waals surface area (Å²) in [5.41, 5.74) is 3.03. The van der Waals surface area contributed by atoms with E-state index >= 15 is 0 Å². The molecule has 8 heteroatoms. The van der Waals surface area contributed by atoms with E-state index in [1.54, 1.807) is 12.4 Å². The summed E-state index contributed by atoms with van der Waals surface area (Å²) in [4.78, 5) is 46.6. The number of aromatic nitrogens is 2. The van der Waals surface area contributed by atoms with Gasteiger partial charge in [-0.05, 0) is 12.1 Å². The third-order valence-corrected chi connectivity index (χ3v) is 5.79. The van der Waals surface area contributed by atoms with Crippen LogP contribution in [0.4, 0.5) is 0 Å². The van der Waals surface area contributed by atoms with Crippen LogP contribution in [0.1, 0.15) is 11.1 Å². The number of hydrogen-bond donors (Lipinski definition) is 3. The molecule has 0 bridgehead atoms. The van der Waals surface area contributed by atoms with E-state index in [2.05, 4.69) is 9.97 Å².